The highest BCUT2D eigenvalue weighted by molar-refractivity contribution is 5.93. The molecule has 1 amide bonds. The van der Waals surface area contributed by atoms with Gasteiger partial charge in [-0.1, -0.05) is 13.8 Å². The third kappa shape index (κ3) is 4.31. The molecule has 0 aromatic carbocycles. The Balaban J connectivity index is 2.81. The van der Waals surface area contributed by atoms with Crippen molar-refractivity contribution < 1.29 is 4.79 Å². The summed E-state index contributed by atoms with van der Waals surface area (Å²) in [5.74, 6) is 1.17. The van der Waals surface area contributed by atoms with E-state index in [1.807, 2.05) is 13.8 Å². The second-order valence-electron chi connectivity index (χ2n) is 4.40. The summed E-state index contributed by atoms with van der Waals surface area (Å²) in [6.07, 6.45) is 1.91. The van der Waals surface area contributed by atoms with Gasteiger partial charge in [0.25, 0.3) is 5.91 Å². The van der Waals surface area contributed by atoms with E-state index in [-0.39, 0.29) is 11.9 Å². The highest BCUT2D eigenvalue weighted by atomic mass is 16.1. The molecule has 0 saturated carbocycles. The zero-order valence-corrected chi connectivity index (χ0v) is 11.6. The topological polar surface area (TPSA) is 66.9 Å². The molecule has 0 aliphatic carbocycles. The maximum Gasteiger partial charge on any atom is 0.270 e. The molecule has 0 spiro atoms. The molecule has 1 unspecified atom stereocenters. The number of hydrogen-bond acceptors (Lipinski definition) is 4. The Morgan fingerprint density at radius 3 is 2.72 bits per heavy atom. The predicted octanol–water partition coefficient (Wildman–Crippen LogP) is 2.14. The Kier molecular flexibility index (Phi) is 5.55. The monoisotopic (exact) mass is 250 g/mol. The molecular formula is C13H22N4O. The summed E-state index contributed by atoms with van der Waals surface area (Å²) in [4.78, 5) is 20.4. The third-order valence-corrected chi connectivity index (χ3v) is 2.62. The van der Waals surface area contributed by atoms with Crippen LogP contribution in [0.4, 0.5) is 5.82 Å². The Bertz CT molecular complexity index is 406. The van der Waals surface area contributed by atoms with Crippen LogP contribution in [0.25, 0.3) is 0 Å². The van der Waals surface area contributed by atoms with Crippen molar-refractivity contribution in [3.05, 3.63) is 17.6 Å². The van der Waals surface area contributed by atoms with Gasteiger partial charge in [-0.15, -0.1) is 0 Å². The van der Waals surface area contributed by atoms with E-state index in [0.29, 0.717) is 17.3 Å². The fraction of sp³-hybridized carbons (Fsp3) is 0.615. The molecule has 0 saturated heterocycles. The van der Waals surface area contributed by atoms with Gasteiger partial charge in [-0.05, 0) is 26.7 Å². The van der Waals surface area contributed by atoms with Crippen molar-refractivity contribution in [2.24, 2.45) is 0 Å². The first kappa shape index (κ1) is 14.4. The van der Waals surface area contributed by atoms with Gasteiger partial charge in [0.2, 0.25) is 0 Å². The van der Waals surface area contributed by atoms with Crippen molar-refractivity contribution in [3.63, 3.8) is 0 Å². The minimum absolute atomic E-state index is 0.144. The molecule has 0 bridgehead atoms. The van der Waals surface area contributed by atoms with Crippen LogP contribution in [0, 0.1) is 6.92 Å². The summed E-state index contributed by atoms with van der Waals surface area (Å²) in [7, 11) is 0. The van der Waals surface area contributed by atoms with Gasteiger partial charge in [0.1, 0.15) is 17.3 Å². The molecule has 18 heavy (non-hydrogen) atoms. The first-order valence-corrected chi connectivity index (χ1v) is 6.47. The molecule has 2 N–H and O–H groups in total. The fourth-order valence-electron chi connectivity index (χ4n) is 1.43. The van der Waals surface area contributed by atoms with Crippen molar-refractivity contribution in [1.82, 2.24) is 15.3 Å². The van der Waals surface area contributed by atoms with E-state index in [2.05, 4.69) is 27.5 Å². The molecule has 1 atom stereocenters. The summed E-state index contributed by atoms with van der Waals surface area (Å²) in [6, 6.07) is 1.85. The van der Waals surface area contributed by atoms with Crippen LogP contribution in [0.5, 0.6) is 0 Å². The van der Waals surface area contributed by atoms with Gasteiger partial charge in [-0.2, -0.15) is 0 Å². The number of carbonyl (C=O) groups excluding carboxylic acids is 1. The molecule has 1 aromatic rings. The number of carbonyl (C=O) groups is 1. The van der Waals surface area contributed by atoms with Crippen LogP contribution >= 0.6 is 0 Å². The van der Waals surface area contributed by atoms with Gasteiger partial charge in [-0.25, -0.2) is 9.97 Å². The average molecular weight is 250 g/mol. The fourth-order valence-corrected chi connectivity index (χ4v) is 1.43. The molecular weight excluding hydrogens is 228 g/mol. The Hall–Kier alpha value is -1.65. The molecule has 0 fully saturated rings. The van der Waals surface area contributed by atoms with Gasteiger partial charge in [-0.3, -0.25) is 4.79 Å². The summed E-state index contributed by atoms with van der Waals surface area (Å²) in [6.45, 7) is 8.71. The molecule has 5 nitrogen and oxygen atoms in total. The lowest BCUT2D eigenvalue weighted by atomic mass is 10.2. The van der Waals surface area contributed by atoms with Gasteiger partial charge in [0.15, 0.2) is 0 Å². The standard InChI is InChI=1S/C13H22N4O/c1-5-7-14-12-8-11(16-10(4)17-12)13(18)15-9(3)6-2/h8-9H,5-7H2,1-4H3,(H,15,18)(H,14,16,17). The number of anilines is 1. The van der Waals surface area contributed by atoms with E-state index in [1.54, 1.807) is 13.0 Å². The van der Waals surface area contributed by atoms with Crippen LogP contribution in [-0.4, -0.2) is 28.5 Å². The number of rotatable bonds is 6. The molecule has 5 heteroatoms. The second kappa shape index (κ2) is 6.93. The molecule has 100 valence electrons. The summed E-state index contributed by atoms with van der Waals surface area (Å²) in [5, 5.41) is 6.07. The van der Waals surface area contributed by atoms with Gasteiger partial charge >= 0.3 is 0 Å². The minimum Gasteiger partial charge on any atom is -0.370 e. The number of hydrogen-bond donors (Lipinski definition) is 2. The van der Waals surface area contributed by atoms with Crippen LogP contribution in [-0.2, 0) is 0 Å². The largest absolute Gasteiger partial charge is 0.370 e. The number of nitrogens with one attached hydrogen (secondary N) is 2. The molecule has 0 aliphatic heterocycles. The SMILES string of the molecule is CCCNc1cc(C(=O)NC(C)CC)nc(C)n1. The molecule has 0 aliphatic rings. The van der Waals surface area contributed by atoms with Crippen molar-refractivity contribution in [3.8, 4) is 0 Å². The van der Waals surface area contributed by atoms with Crippen molar-refractivity contribution in [1.29, 1.82) is 0 Å². The zero-order valence-electron chi connectivity index (χ0n) is 11.6. The minimum atomic E-state index is -0.144. The quantitative estimate of drug-likeness (QED) is 0.811. The number of aromatic nitrogens is 2. The first-order chi connectivity index (χ1) is 8.56. The number of amides is 1. The van der Waals surface area contributed by atoms with Crippen LogP contribution < -0.4 is 10.6 Å². The predicted molar refractivity (Wildman–Crippen MR) is 72.8 cm³/mol. The van der Waals surface area contributed by atoms with Crippen molar-refractivity contribution in [2.75, 3.05) is 11.9 Å². The summed E-state index contributed by atoms with van der Waals surface area (Å²) >= 11 is 0. The lowest BCUT2D eigenvalue weighted by Gasteiger charge is -2.12. The van der Waals surface area contributed by atoms with Crippen LogP contribution in [0.15, 0.2) is 6.07 Å². The van der Waals surface area contributed by atoms with E-state index in [1.165, 1.54) is 0 Å². The smallest absolute Gasteiger partial charge is 0.270 e. The molecule has 1 aromatic heterocycles. The normalized spacial score (nSPS) is 12.0. The Morgan fingerprint density at radius 2 is 2.11 bits per heavy atom. The number of nitrogens with zero attached hydrogens (tertiary/aromatic N) is 2. The highest BCUT2D eigenvalue weighted by Gasteiger charge is 2.12. The van der Waals surface area contributed by atoms with E-state index < -0.39 is 0 Å². The Labute approximate surface area is 108 Å². The van der Waals surface area contributed by atoms with Crippen molar-refractivity contribution >= 4 is 11.7 Å². The van der Waals surface area contributed by atoms with Crippen LogP contribution in [0.3, 0.4) is 0 Å². The highest BCUT2D eigenvalue weighted by Crippen LogP contribution is 2.07. The first-order valence-electron chi connectivity index (χ1n) is 6.47. The number of aryl methyl sites for hydroxylation is 1. The maximum absolute atomic E-state index is 12.0. The lowest BCUT2D eigenvalue weighted by Crippen LogP contribution is -2.32. The van der Waals surface area contributed by atoms with Gasteiger partial charge < -0.3 is 10.6 Å². The maximum atomic E-state index is 12.0. The summed E-state index contributed by atoms with van der Waals surface area (Å²) < 4.78 is 0. The van der Waals surface area contributed by atoms with E-state index >= 15 is 0 Å². The lowest BCUT2D eigenvalue weighted by molar-refractivity contribution is 0.0934. The summed E-state index contributed by atoms with van der Waals surface area (Å²) in [5.41, 5.74) is 0.418. The van der Waals surface area contributed by atoms with E-state index in [0.717, 1.165) is 19.4 Å². The van der Waals surface area contributed by atoms with Crippen LogP contribution in [0.1, 0.15) is 49.9 Å². The second-order valence-corrected chi connectivity index (χ2v) is 4.40. The Morgan fingerprint density at radius 1 is 1.39 bits per heavy atom. The van der Waals surface area contributed by atoms with E-state index in [9.17, 15) is 4.79 Å². The average Bonchev–Trinajstić information content (AvgIpc) is 2.35. The van der Waals surface area contributed by atoms with Gasteiger partial charge in [0.05, 0.1) is 0 Å². The zero-order chi connectivity index (χ0) is 13.5. The van der Waals surface area contributed by atoms with Crippen molar-refractivity contribution in [2.45, 2.75) is 46.6 Å². The molecule has 1 heterocycles. The third-order valence-electron chi connectivity index (χ3n) is 2.62. The molecule has 1 rings (SSSR count). The van der Waals surface area contributed by atoms with E-state index in [4.69, 9.17) is 0 Å². The van der Waals surface area contributed by atoms with Gasteiger partial charge in [0, 0.05) is 18.7 Å². The van der Waals surface area contributed by atoms with Crippen LogP contribution in [0.2, 0.25) is 0 Å². The molecule has 0 radical (unpaired) electrons.